The summed E-state index contributed by atoms with van der Waals surface area (Å²) in [6, 6.07) is -11.9. The molecule has 1 aromatic heterocycles. The molecule has 0 spiro atoms. The molecule has 3 aliphatic heterocycles. The van der Waals surface area contributed by atoms with Crippen molar-refractivity contribution in [3.63, 3.8) is 0 Å². The maximum absolute atomic E-state index is 13.9. The van der Waals surface area contributed by atoms with Gasteiger partial charge in [0.25, 0.3) is 0 Å². The summed E-state index contributed by atoms with van der Waals surface area (Å²) in [5.74, 6) is -12.3. The van der Waals surface area contributed by atoms with Gasteiger partial charge in [0.2, 0.25) is 47.3 Å². The Morgan fingerprint density at radius 2 is 1.06 bits per heavy atom. The standard InChI is InChI=1S/C44H65N11O16/c1-22(2)35(45)43(69)55-18-6-9-31(55)42(68)54-17-5-8-30(54)39(65)50-26(11-14-33(58)59)38(64)49-25(10-13-32(56)57)37(63)48-23(3)36(62)51-27(12-15-34(60)61)41(67)53-16-4-7-29(53)40(66)52-28(44(70)71)19-24-20-46-21-47-24/h20-23,25-31,35H,4-19,45H2,1-3H3,(H,46,47)(H,48,63)(H,49,64)(H,50,65)(H,51,62)(H,52,66)(H,56,57)(H,58,59)(H,60,61)(H,70,71)/t23-,25-,26-,27-,28-,29-,30-,31-,35-/m0/s1. The number of carboxylic acid groups (broad SMARTS) is 4. The maximum Gasteiger partial charge on any atom is 0.326 e. The molecule has 0 saturated carbocycles. The highest BCUT2D eigenvalue weighted by atomic mass is 16.4. The van der Waals surface area contributed by atoms with Crippen LogP contribution in [0.2, 0.25) is 0 Å². The Kier molecular flexibility index (Phi) is 20.8. The first-order valence-electron chi connectivity index (χ1n) is 23.5. The molecule has 8 amide bonds. The Morgan fingerprint density at radius 1 is 0.606 bits per heavy atom. The van der Waals surface area contributed by atoms with Crippen LogP contribution in [0.25, 0.3) is 0 Å². The molecule has 0 aromatic carbocycles. The molecule has 27 heteroatoms. The van der Waals surface area contributed by atoms with Crippen molar-refractivity contribution in [3.8, 4) is 0 Å². The molecule has 0 aliphatic carbocycles. The van der Waals surface area contributed by atoms with Gasteiger partial charge in [-0.3, -0.25) is 52.7 Å². The monoisotopic (exact) mass is 1000 g/mol. The summed E-state index contributed by atoms with van der Waals surface area (Å²) >= 11 is 0. The average Bonchev–Trinajstić information content (AvgIpc) is 4.17. The molecule has 3 aliphatic rings. The van der Waals surface area contributed by atoms with Crippen molar-refractivity contribution in [3.05, 3.63) is 18.2 Å². The van der Waals surface area contributed by atoms with Crippen molar-refractivity contribution in [1.29, 1.82) is 0 Å². The fourth-order valence-electron chi connectivity index (χ4n) is 8.66. The average molecular weight is 1000 g/mol. The summed E-state index contributed by atoms with van der Waals surface area (Å²) in [6.45, 7) is 5.14. The molecule has 0 radical (unpaired) electrons. The van der Waals surface area contributed by atoms with Gasteiger partial charge in [0.1, 0.15) is 48.3 Å². The molecule has 4 heterocycles. The van der Waals surface area contributed by atoms with Crippen molar-refractivity contribution < 1.29 is 78.0 Å². The molecule has 9 atom stereocenters. The lowest BCUT2D eigenvalue weighted by Gasteiger charge is -2.33. The number of H-pyrrole nitrogens is 1. The number of likely N-dealkylation sites (tertiary alicyclic amines) is 3. The second kappa shape index (κ2) is 26.1. The van der Waals surface area contributed by atoms with Gasteiger partial charge in [-0.1, -0.05) is 13.8 Å². The first-order chi connectivity index (χ1) is 33.5. The van der Waals surface area contributed by atoms with Crippen molar-refractivity contribution in [2.24, 2.45) is 11.7 Å². The molecule has 71 heavy (non-hydrogen) atoms. The van der Waals surface area contributed by atoms with Crippen LogP contribution in [0.5, 0.6) is 0 Å². The van der Waals surface area contributed by atoms with Gasteiger partial charge in [-0.2, -0.15) is 0 Å². The van der Waals surface area contributed by atoms with Crippen LogP contribution in [0.4, 0.5) is 0 Å². The summed E-state index contributed by atoms with van der Waals surface area (Å²) in [5, 5.41) is 50.1. The molecule has 3 saturated heterocycles. The molecule has 3 fully saturated rings. The van der Waals surface area contributed by atoms with E-state index in [9.17, 15) is 78.0 Å². The lowest BCUT2D eigenvalue weighted by molar-refractivity contribution is -0.147. The third-order valence-corrected chi connectivity index (χ3v) is 12.7. The van der Waals surface area contributed by atoms with E-state index in [0.29, 0.717) is 37.9 Å². The molecular formula is C44H65N11O16. The van der Waals surface area contributed by atoms with Crippen molar-refractivity contribution >= 4 is 71.1 Å². The van der Waals surface area contributed by atoms with Gasteiger partial charge < -0.3 is 72.4 Å². The number of aliphatic carboxylic acids is 4. The minimum Gasteiger partial charge on any atom is -0.481 e. The van der Waals surface area contributed by atoms with E-state index < -0.39 is 164 Å². The van der Waals surface area contributed by atoms with Crippen LogP contribution in [0.15, 0.2) is 12.5 Å². The zero-order valence-electron chi connectivity index (χ0n) is 39.8. The van der Waals surface area contributed by atoms with Crippen LogP contribution in [0.3, 0.4) is 0 Å². The predicted molar refractivity (Wildman–Crippen MR) is 243 cm³/mol. The fourth-order valence-corrected chi connectivity index (χ4v) is 8.66. The maximum atomic E-state index is 13.9. The van der Waals surface area contributed by atoms with Gasteiger partial charge in [0.05, 0.1) is 18.1 Å². The van der Waals surface area contributed by atoms with Gasteiger partial charge in [-0.15, -0.1) is 0 Å². The lowest BCUT2D eigenvalue weighted by atomic mass is 10.0. The fraction of sp³-hybridized carbons (Fsp3) is 0.659. The second-order valence-corrected chi connectivity index (χ2v) is 18.2. The molecule has 0 bridgehead atoms. The third-order valence-electron chi connectivity index (χ3n) is 12.7. The summed E-state index contributed by atoms with van der Waals surface area (Å²) in [5.41, 5.74) is 6.45. The Morgan fingerprint density at radius 3 is 1.56 bits per heavy atom. The van der Waals surface area contributed by atoms with E-state index in [1.165, 1.54) is 29.2 Å². The number of carbonyl (C=O) groups excluding carboxylic acids is 8. The Hall–Kier alpha value is -7.19. The molecule has 1 aromatic rings. The number of carbonyl (C=O) groups is 12. The number of hydrogen-bond donors (Lipinski definition) is 11. The summed E-state index contributed by atoms with van der Waals surface area (Å²) in [4.78, 5) is 167. The Bertz CT molecular complexity index is 2150. The molecule has 12 N–H and O–H groups in total. The van der Waals surface area contributed by atoms with E-state index in [1.807, 2.05) is 0 Å². The highest BCUT2D eigenvalue weighted by Crippen LogP contribution is 2.27. The topological polar surface area (TPSA) is 410 Å². The number of hydrogen-bond acceptors (Lipinski definition) is 14. The zero-order valence-corrected chi connectivity index (χ0v) is 39.8. The first-order valence-corrected chi connectivity index (χ1v) is 23.5. The summed E-state index contributed by atoms with van der Waals surface area (Å²) in [6.07, 6.45) is 0.894. The summed E-state index contributed by atoms with van der Waals surface area (Å²) in [7, 11) is 0. The van der Waals surface area contributed by atoms with Crippen molar-refractivity contribution in [2.45, 2.75) is 159 Å². The van der Waals surface area contributed by atoms with Crippen molar-refractivity contribution in [1.82, 2.24) is 51.3 Å². The van der Waals surface area contributed by atoms with Crippen LogP contribution in [-0.2, 0) is 64.0 Å². The van der Waals surface area contributed by atoms with Crippen LogP contribution in [0.1, 0.15) is 104 Å². The van der Waals surface area contributed by atoms with Crippen LogP contribution >= 0.6 is 0 Å². The minimum atomic E-state index is -1.71. The molecule has 4 rings (SSSR count). The van der Waals surface area contributed by atoms with Crippen LogP contribution in [-0.4, -0.2) is 190 Å². The number of carboxylic acids is 4. The second-order valence-electron chi connectivity index (χ2n) is 18.2. The van der Waals surface area contributed by atoms with Crippen LogP contribution < -0.4 is 32.3 Å². The van der Waals surface area contributed by atoms with Gasteiger partial charge in [-0.05, 0) is 70.6 Å². The number of nitrogens with two attached hydrogens (primary N) is 1. The summed E-state index contributed by atoms with van der Waals surface area (Å²) < 4.78 is 0. The number of rotatable bonds is 26. The molecule has 27 nitrogen and oxygen atoms in total. The van der Waals surface area contributed by atoms with E-state index in [1.54, 1.807) is 13.8 Å². The smallest absolute Gasteiger partial charge is 0.326 e. The third kappa shape index (κ3) is 15.9. The predicted octanol–water partition coefficient (Wildman–Crippen LogP) is -2.97. The zero-order chi connectivity index (χ0) is 52.7. The number of aromatic nitrogens is 2. The van der Waals surface area contributed by atoms with Gasteiger partial charge >= 0.3 is 23.9 Å². The van der Waals surface area contributed by atoms with E-state index >= 15 is 0 Å². The number of nitrogens with one attached hydrogen (secondary N) is 6. The van der Waals surface area contributed by atoms with Gasteiger partial charge in [-0.25, -0.2) is 9.78 Å². The first kappa shape index (κ1) is 56.4. The molecule has 392 valence electrons. The number of imidazole rings is 1. The Labute approximate surface area is 407 Å². The Balaban J connectivity index is 1.45. The minimum absolute atomic E-state index is 0.00875. The van der Waals surface area contributed by atoms with Crippen LogP contribution in [0, 0.1) is 5.92 Å². The largest absolute Gasteiger partial charge is 0.481 e. The normalized spacial score (nSPS) is 20.2. The quantitative estimate of drug-likeness (QED) is 0.0441. The van der Waals surface area contributed by atoms with E-state index in [0.717, 1.165) is 4.90 Å². The van der Waals surface area contributed by atoms with E-state index in [-0.39, 0.29) is 38.3 Å². The number of aromatic amines is 1. The SMILES string of the molecule is CC(C)[C@H](N)C(=O)N1CCC[C@H]1C(=O)N1CCC[C@H]1C(=O)N[C@@H](CCC(=O)O)C(=O)N[C@@H](CCC(=O)O)C(=O)N[C@@H](C)C(=O)N[C@@H](CCC(=O)O)C(=O)N1CCC[C@H]1C(=O)N[C@@H](Cc1c[nH]cn1)C(=O)O. The van der Waals surface area contributed by atoms with Gasteiger partial charge in [0.15, 0.2) is 0 Å². The lowest BCUT2D eigenvalue weighted by Crippen LogP contribution is -2.60. The van der Waals surface area contributed by atoms with Gasteiger partial charge in [0, 0.05) is 51.5 Å². The van der Waals surface area contributed by atoms with Crippen molar-refractivity contribution in [2.75, 3.05) is 19.6 Å². The number of amides is 8. The highest BCUT2D eigenvalue weighted by molar-refractivity contribution is 5.98. The molecular weight excluding hydrogens is 939 g/mol. The number of nitrogens with zero attached hydrogens (tertiary/aromatic N) is 4. The van der Waals surface area contributed by atoms with E-state index in [2.05, 4.69) is 36.6 Å². The highest BCUT2D eigenvalue weighted by Gasteiger charge is 2.44. The van der Waals surface area contributed by atoms with E-state index in [4.69, 9.17) is 5.73 Å². The molecule has 0 unspecified atom stereocenters.